The van der Waals surface area contributed by atoms with Gasteiger partial charge in [-0.15, -0.1) is 0 Å². The number of nitrogens with zero attached hydrogens (tertiary/aromatic N) is 11. The lowest BCUT2D eigenvalue weighted by molar-refractivity contribution is -0.136. The number of sulfone groups is 1. The lowest BCUT2D eigenvalue weighted by Gasteiger charge is -2.48. The molecule has 82 heavy (non-hydrogen) atoms. The molecule has 4 aliphatic heterocycles. The second-order valence-corrected chi connectivity index (χ2v) is 28.2. The molecule has 444 valence electrons. The predicted octanol–water partition coefficient (Wildman–Crippen LogP) is 6.96. The number of carbonyl (C=O) groups excluding carboxylic acids is 3. The largest absolute Gasteiger partial charge is 0.492 e. The summed E-state index contributed by atoms with van der Waals surface area (Å²) < 4.78 is 52.9. The third-order valence-corrected chi connectivity index (χ3v) is 19.0. The summed E-state index contributed by atoms with van der Waals surface area (Å²) in [4.78, 5) is 71.0. The third-order valence-electron chi connectivity index (χ3n) is 16.5. The van der Waals surface area contributed by atoms with Gasteiger partial charge in [-0.25, -0.2) is 27.6 Å². The number of nitrogens with one attached hydrogen (secondary N) is 2. The molecule has 0 aliphatic carbocycles. The Balaban J connectivity index is 0.779. The number of anilines is 3. The number of aromatic amines is 1. The molecule has 3 atom stereocenters. The predicted molar refractivity (Wildman–Crippen MR) is 315 cm³/mol. The van der Waals surface area contributed by atoms with Crippen LogP contribution in [0, 0.1) is 19.7 Å². The number of aromatic nitrogens is 5. The van der Waals surface area contributed by atoms with E-state index in [0.717, 1.165) is 66.5 Å². The standard InChI is InChI=1S/C60H84FN13O7S/c1-39-31-71(52(75)35-69-21-19-68(20-22-69)18-13-25-80-50-29-48-47(28-51(50)82(78,79)59(8,9)10)56(64-38-63-48)65-55-41(3)42(4)66-67-55)24-23-70(39)33-46-34-73(57(77)81-58(5,6)7)40(2)32-72(46)36-53(76)74-37-60(11,12)54-49(74)27-44(30-62-54)26-43-14-16-45(61)17-15-43/h14-17,27-30,38-40,46H,13,18-26,31-37H2,1-12H3,(H2,63,64,65,66,67)/t39-,40-,46+/m1/s1. The summed E-state index contributed by atoms with van der Waals surface area (Å²) in [5.41, 5.74) is 4.83. The highest BCUT2D eigenvalue weighted by Crippen LogP contribution is 2.41. The van der Waals surface area contributed by atoms with E-state index < -0.39 is 20.2 Å². The van der Waals surface area contributed by atoms with Crippen molar-refractivity contribution in [2.45, 2.75) is 135 Å². The number of pyridine rings is 1. The molecule has 2 N–H and O–H groups in total. The van der Waals surface area contributed by atoms with Gasteiger partial charge in [-0.2, -0.15) is 5.10 Å². The first kappa shape index (κ1) is 60.3. The fourth-order valence-electron chi connectivity index (χ4n) is 11.5. The van der Waals surface area contributed by atoms with Crippen LogP contribution in [0.3, 0.4) is 0 Å². The highest BCUT2D eigenvalue weighted by atomic mass is 32.2. The van der Waals surface area contributed by atoms with Crippen LogP contribution in [0.1, 0.15) is 104 Å². The summed E-state index contributed by atoms with van der Waals surface area (Å²) >= 11 is 0. The lowest BCUT2D eigenvalue weighted by atomic mass is 9.91. The zero-order valence-electron chi connectivity index (χ0n) is 50.0. The number of hydrogen-bond donors (Lipinski definition) is 2. The monoisotopic (exact) mass is 1150 g/mol. The molecule has 3 aromatic heterocycles. The first-order valence-electron chi connectivity index (χ1n) is 28.8. The average molecular weight is 1150 g/mol. The lowest BCUT2D eigenvalue weighted by Crippen LogP contribution is -2.65. The number of hydrogen-bond acceptors (Lipinski definition) is 16. The van der Waals surface area contributed by atoms with Crippen molar-refractivity contribution in [2.24, 2.45) is 0 Å². The van der Waals surface area contributed by atoms with Crippen molar-refractivity contribution in [3.8, 4) is 5.75 Å². The fourth-order valence-corrected chi connectivity index (χ4v) is 12.8. The van der Waals surface area contributed by atoms with Crippen molar-refractivity contribution in [2.75, 3.05) is 108 Å². The van der Waals surface area contributed by atoms with E-state index in [2.05, 4.69) is 65.9 Å². The summed E-state index contributed by atoms with van der Waals surface area (Å²) in [5, 5.41) is 11.1. The van der Waals surface area contributed by atoms with E-state index in [9.17, 15) is 27.2 Å². The van der Waals surface area contributed by atoms with Gasteiger partial charge in [0.1, 0.15) is 40.0 Å². The first-order chi connectivity index (χ1) is 38.6. The van der Waals surface area contributed by atoms with Crippen LogP contribution in [0.15, 0.2) is 59.9 Å². The number of ether oxygens (including phenoxy) is 2. The van der Waals surface area contributed by atoms with Crippen LogP contribution < -0.4 is 15.0 Å². The molecule has 3 saturated heterocycles. The third kappa shape index (κ3) is 13.7. The Morgan fingerprint density at radius 3 is 2.22 bits per heavy atom. The average Bonchev–Trinajstić information content (AvgIpc) is 4.06. The number of benzene rings is 2. The number of rotatable bonds is 16. The summed E-state index contributed by atoms with van der Waals surface area (Å²) in [6.07, 6.45) is 4.15. The zero-order chi connectivity index (χ0) is 59.1. The van der Waals surface area contributed by atoms with E-state index in [1.807, 2.05) is 63.6 Å². The Kier molecular flexibility index (Phi) is 17.7. The number of aryl methyl sites for hydroxylation is 1. The van der Waals surface area contributed by atoms with E-state index in [1.54, 1.807) is 49.9 Å². The van der Waals surface area contributed by atoms with Crippen molar-refractivity contribution >= 4 is 56.0 Å². The van der Waals surface area contributed by atoms with Gasteiger partial charge in [-0.1, -0.05) is 26.0 Å². The Bertz CT molecular complexity index is 3240. The molecular formula is C60H84FN13O7S. The summed E-state index contributed by atoms with van der Waals surface area (Å²) in [5.74, 6) is 1.15. The minimum Gasteiger partial charge on any atom is -0.492 e. The van der Waals surface area contributed by atoms with E-state index in [-0.39, 0.29) is 64.5 Å². The SMILES string of the molecule is Cc1n[nH]c(Nc2ncnc3cc(OCCCN4CCN(CC(=O)N5CCN(C[C@H]6CN(C(=O)OC(C)(C)C)[C@H](C)CN6CC(=O)N6CC(C)(C)c7ncc(Cc8ccc(F)cc8)cc76)[C@H](C)C5)CC4)c(S(=O)(=O)C(C)(C)C)cc23)c1C. The normalized spacial score (nSPS) is 20.5. The van der Waals surface area contributed by atoms with Gasteiger partial charge in [-0.05, 0) is 117 Å². The van der Waals surface area contributed by atoms with Gasteiger partial charge < -0.3 is 34.4 Å². The molecule has 0 saturated carbocycles. The number of halogens is 1. The van der Waals surface area contributed by atoms with Crippen molar-refractivity contribution in [3.63, 3.8) is 0 Å². The van der Waals surface area contributed by atoms with Crippen LogP contribution in [0.25, 0.3) is 10.9 Å². The molecule has 3 fully saturated rings. The van der Waals surface area contributed by atoms with Gasteiger partial charge in [0.25, 0.3) is 0 Å². The molecule has 7 heterocycles. The van der Waals surface area contributed by atoms with Gasteiger partial charge in [0.05, 0.1) is 47.0 Å². The maximum absolute atomic E-state index is 14.7. The summed E-state index contributed by atoms with van der Waals surface area (Å²) in [6, 6.07) is 11.4. The summed E-state index contributed by atoms with van der Waals surface area (Å²) in [6.45, 7) is 31.2. The van der Waals surface area contributed by atoms with Crippen molar-refractivity contribution < 1.29 is 36.7 Å². The molecule has 20 nitrogen and oxygen atoms in total. The van der Waals surface area contributed by atoms with Crippen LogP contribution in [0.2, 0.25) is 0 Å². The molecule has 0 unspecified atom stereocenters. The molecule has 9 rings (SSSR count). The van der Waals surface area contributed by atoms with Gasteiger partial charge >= 0.3 is 6.09 Å². The van der Waals surface area contributed by atoms with Crippen molar-refractivity contribution in [3.05, 3.63) is 88.9 Å². The smallest absolute Gasteiger partial charge is 0.410 e. The van der Waals surface area contributed by atoms with Crippen LogP contribution >= 0.6 is 0 Å². The molecule has 5 aromatic rings. The number of carbonyl (C=O) groups is 3. The first-order valence-corrected chi connectivity index (χ1v) is 30.3. The minimum absolute atomic E-state index is 0.0313. The van der Waals surface area contributed by atoms with Gasteiger partial charge in [0.15, 0.2) is 9.84 Å². The Morgan fingerprint density at radius 2 is 1.55 bits per heavy atom. The van der Waals surface area contributed by atoms with E-state index in [1.165, 1.54) is 18.5 Å². The zero-order valence-corrected chi connectivity index (χ0v) is 50.8. The number of fused-ring (bicyclic) bond motifs is 2. The minimum atomic E-state index is -3.84. The van der Waals surface area contributed by atoms with E-state index in [0.29, 0.717) is 94.3 Å². The molecule has 0 bridgehead atoms. The number of H-pyrrole nitrogens is 1. The highest BCUT2D eigenvalue weighted by Gasteiger charge is 2.44. The topological polar surface area (TPSA) is 206 Å². The van der Waals surface area contributed by atoms with Gasteiger partial charge in [0.2, 0.25) is 11.8 Å². The van der Waals surface area contributed by atoms with Gasteiger partial charge in [-0.3, -0.25) is 34.4 Å². The van der Waals surface area contributed by atoms with Crippen LogP contribution in [-0.2, 0) is 36.0 Å². The second kappa shape index (κ2) is 24.1. The molecule has 3 amide bonds. The second-order valence-electron chi connectivity index (χ2n) is 25.5. The molecule has 22 heteroatoms. The molecule has 0 radical (unpaired) electrons. The Labute approximate surface area is 483 Å². The quantitative estimate of drug-likeness (QED) is 0.0958. The fraction of sp³-hybridized carbons (Fsp3) is 0.583. The Morgan fingerprint density at radius 1 is 0.829 bits per heavy atom. The van der Waals surface area contributed by atoms with Crippen molar-refractivity contribution in [1.82, 2.24) is 54.5 Å². The molecule has 0 spiro atoms. The molecule has 2 aromatic carbocycles. The van der Waals surface area contributed by atoms with E-state index in [4.69, 9.17) is 14.5 Å². The van der Waals surface area contributed by atoms with Crippen LogP contribution in [0.5, 0.6) is 5.75 Å². The maximum Gasteiger partial charge on any atom is 0.410 e. The van der Waals surface area contributed by atoms with Crippen LogP contribution in [0.4, 0.5) is 26.5 Å². The molecular weight excluding hydrogens is 1070 g/mol. The van der Waals surface area contributed by atoms with Gasteiger partial charge in [0, 0.05) is 125 Å². The molecule has 4 aliphatic rings. The highest BCUT2D eigenvalue weighted by molar-refractivity contribution is 7.92. The summed E-state index contributed by atoms with van der Waals surface area (Å²) in [7, 11) is -3.84. The number of amides is 3. The van der Waals surface area contributed by atoms with E-state index >= 15 is 0 Å². The maximum atomic E-state index is 14.7. The number of piperazine rings is 3. The van der Waals surface area contributed by atoms with Crippen LogP contribution in [-0.4, -0.2) is 208 Å². The van der Waals surface area contributed by atoms with Crippen molar-refractivity contribution in [1.29, 1.82) is 0 Å². The Hall–Kier alpha value is -6.33.